The molecule has 1 saturated heterocycles. The van der Waals surface area contributed by atoms with Crippen molar-refractivity contribution in [2.24, 2.45) is 0 Å². The molecular formula is C16H15F2NO3S. The molecule has 1 aliphatic heterocycles. The first-order valence-electron chi connectivity index (χ1n) is 7.04. The predicted octanol–water partition coefficient (Wildman–Crippen LogP) is 3.87. The molecule has 1 aliphatic rings. The van der Waals surface area contributed by atoms with Crippen LogP contribution in [0.25, 0.3) is 0 Å². The zero-order chi connectivity index (χ0) is 16.6. The van der Waals surface area contributed by atoms with Crippen LogP contribution in [0.1, 0.15) is 23.8 Å². The summed E-state index contributed by atoms with van der Waals surface area (Å²) in [5.41, 5.74) is 0.741. The summed E-state index contributed by atoms with van der Waals surface area (Å²) in [5.74, 6) is 0.358. The van der Waals surface area contributed by atoms with Crippen LogP contribution in [0.4, 0.5) is 8.78 Å². The average Bonchev–Trinajstić information content (AvgIpc) is 3.17. The van der Waals surface area contributed by atoms with Gasteiger partial charge in [-0.1, -0.05) is 17.7 Å². The van der Waals surface area contributed by atoms with Crippen molar-refractivity contribution in [2.45, 2.75) is 24.3 Å². The van der Waals surface area contributed by atoms with Gasteiger partial charge in [0.1, 0.15) is 5.76 Å². The van der Waals surface area contributed by atoms with Gasteiger partial charge in [-0.25, -0.2) is 8.42 Å². The van der Waals surface area contributed by atoms with Gasteiger partial charge in [0.25, 0.3) is 6.08 Å². The molecule has 0 aliphatic carbocycles. The fraction of sp³-hybridized carbons (Fsp3) is 0.250. The number of furan rings is 1. The lowest BCUT2D eigenvalue weighted by atomic mass is 10.1. The van der Waals surface area contributed by atoms with Gasteiger partial charge in [0, 0.05) is 12.1 Å². The van der Waals surface area contributed by atoms with Crippen LogP contribution >= 0.6 is 0 Å². The summed E-state index contributed by atoms with van der Waals surface area (Å²) in [6.45, 7) is 1.52. The van der Waals surface area contributed by atoms with E-state index in [0.717, 1.165) is 9.87 Å². The van der Waals surface area contributed by atoms with Crippen molar-refractivity contribution < 1.29 is 21.6 Å². The van der Waals surface area contributed by atoms with Crippen molar-refractivity contribution in [3.05, 3.63) is 65.6 Å². The van der Waals surface area contributed by atoms with Gasteiger partial charge in [0.2, 0.25) is 10.0 Å². The van der Waals surface area contributed by atoms with Crippen molar-refractivity contribution in [3.8, 4) is 0 Å². The molecule has 3 rings (SSSR count). The molecule has 0 bridgehead atoms. The summed E-state index contributed by atoms with van der Waals surface area (Å²) in [4.78, 5) is 0.0835. The number of rotatable bonds is 3. The van der Waals surface area contributed by atoms with Crippen molar-refractivity contribution in [2.75, 3.05) is 6.54 Å². The van der Waals surface area contributed by atoms with Crippen molar-refractivity contribution in [3.63, 3.8) is 0 Å². The number of halogens is 2. The Morgan fingerprint density at radius 2 is 1.91 bits per heavy atom. The van der Waals surface area contributed by atoms with Gasteiger partial charge in [-0.15, -0.1) is 0 Å². The molecule has 0 radical (unpaired) electrons. The molecule has 0 amide bonds. The summed E-state index contributed by atoms with van der Waals surface area (Å²) >= 11 is 0. The summed E-state index contributed by atoms with van der Waals surface area (Å²) < 4.78 is 58.0. The number of hydrogen-bond donors (Lipinski definition) is 0. The Kier molecular flexibility index (Phi) is 4.08. The third kappa shape index (κ3) is 2.94. The fourth-order valence-electron chi connectivity index (χ4n) is 2.66. The first-order chi connectivity index (χ1) is 10.9. The van der Waals surface area contributed by atoms with Gasteiger partial charge in [-0.2, -0.15) is 13.1 Å². The summed E-state index contributed by atoms with van der Waals surface area (Å²) in [6, 6.07) is 8.78. The maximum Gasteiger partial charge on any atom is 0.270 e. The SMILES string of the molecule is Cc1ccc(S(=O)(=O)N2CC(=C(F)F)CC2c2ccco2)cc1. The van der Waals surface area contributed by atoms with E-state index in [1.807, 2.05) is 6.92 Å². The number of aryl methyl sites for hydroxylation is 1. The summed E-state index contributed by atoms with van der Waals surface area (Å²) in [6.07, 6.45) is -0.497. The molecule has 0 spiro atoms. The van der Waals surface area contributed by atoms with Gasteiger partial charge in [-0.05, 0) is 37.6 Å². The monoisotopic (exact) mass is 339 g/mol. The number of nitrogens with zero attached hydrogens (tertiary/aromatic N) is 1. The Labute approximate surface area is 133 Å². The van der Waals surface area contributed by atoms with E-state index >= 15 is 0 Å². The van der Waals surface area contributed by atoms with Crippen molar-refractivity contribution >= 4 is 10.0 Å². The van der Waals surface area contributed by atoms with Crippen LogP contribution < -0.4 is 0 Å². The van der Waals surface area contributed by atoms with E-state index in [4.69, 9.17) is 4.42 Å². The summed E-state index contributed by atoms with van der Waals surface area (Å²) in [7, 11) is -3.89. The smallest absolute Gasteiger partial charge is 0.270 e. The Balaban J connectivity index is 2.04. The van der Waals surface area contributed by atoms with Crippen LogP contribution in [0.2, 0.25) is 0 Å². The van der Waals surface area contributed by atoms with E-state index in [9.17, 15) is 17.2 Å². The molecule has 0 saturated carbocycles. The van der Waals surface area contributed by atoms with E-state index in [-0.39, 0.29) is 23.4 Å². The highest BCUT2D eigenvalue weighted by atomic mass is 32.2. The zero-order valence-corrected chi connectivity index (χ0v) is 13.2. The first kappa shape index (κ1) is 15.9. The second-order valence-corrected chi connectivity index (χ2v) is 7.35. The molecule has 1 unspecified atom stereocenters. The number of sulfonamides is 1. The molecule has 4 nitrogen and oxygen atoms in total. The Morgan fingerprint density at radius 1 is 1.22 bits per heavy atom. The van der Waals surface area contributed by atoms with E-state index < -0.39 is 22.1 Å². The van der Waals surface area contributed by atoms with Crippen LogP contribution in [0, 0.1) is 6.92 Å². The minimum atomic E-state index is -3.89. The van der Waals surface area contributed by atoms with Crippen LogP contribution in [0.3, 0.4) is 0 Å². The average molecular weight is 339 g/mol. The molecule has 0 N–H and O–H groups in total. The van der Waals surface area contributed by atoms with Gasteiger partial charge in [-0.3, -0.25) is 0 Å². The second-order valence-electron chi connectivity index (χ2n) is 5.46. The van der Waals surface area contributed by atoms with E-state index in [1.165, 1.54) is 18.4 Å². The number of benzene rings is 1. The lowest BCUT2D eigenvalue weighted by Gasteiger charge is -2.22. The lowest BCUT2D eigenvalue weighted by molar-refractivity contribution is 0.340. The Morgan fingerprint density at radius 3 is 2.48 bits per heavy atom. The standard InChI is InChI=1S/C16H15F2NO3S/c1-11-4-6-13(7-5-11)23(20,21)19-10-12(16(17)18)9-14(19)15-3-2-8-22-15/h2-8,14H,9-10H2,1H3. The van der Waals surface area contributed by atoms with E-state index in [1.54, 1.807) is 24.3 Å². The van der Waals surface area contributed by atoms with Gasteiger partial charge in [0.05, 0.1) is 17.2 Å². The Bertz CT molecular complexity index is 823. The second kappa shape index (κ2) is 5.90. The predicted molar refractivity (Wildman–Crippen MR) is 80.4 cm³/mol. The molecule has 1 fully saturated rings. The highest BCUT2D eigenvalue weighted by molar-refractivity contribution is 7.89. The third-order valence-electron chi connectivity index (χ3n) is 3.90. The third-order valence-corrected chi connectivity index (χ3v) is 5.77. The van der Waals surface area contributed by atoms with Crippen molar-refractivity contribution in [1.29, 1.82) is 0 Å². The van der Waals surface area contributed by atoms with E-state index in [2.05, 4.69) is 0 Å². The lowest BCUT2D eigenvalue weighted by Crippen LogP contribution is -2.30. The van der Waals surface area contributed by atoms with Gasteiger partial charge < -0.3 is 4.42 Å². The zero-order valence-electron chi connectivity index (χ0n) is 12.4. The quantitative estimate of drug-likeness (QED) is 0.853. The van der Waals surface area contributed by atoms with Crippen LogP contribution in [0.15, 0.2) is 63.6 Å². The van der Waals surface area contributed by atoms with Crippen LogP contribution in [0.5, 0.6) is 0 Å². The molecule has 2 heterocycles. The molecule has 23 heavy (non-hydrogen) atoms. The summed E-state index contributed by atoms with van der Waals surface area (Å²) in [5, 5.41) is 0. The first-order valence-corrected chi connectivity index (χ1v) is 8.48. The maximum absolute atomic E-state index is 13.0. The molecule has 1 aromatic carbocycles. The maximum atomic E-state index is 13.0. The minimum absolute atomic E-state index is 0.0685. The fourth-order valence-corrected chi connectivity index (χ4v) is 4.25. The normalized spacial score (nSPS) is 19.3. The molecule has 2 aromatic rings. The molecule has 1 aromatic heterocycles. The Hall–Kier alpha value is -1.99. The topological polar surface area (TPSA) is 50.5 Å². The minimum Gasteiger partial charge on any atom is -0.468 e. The highest BCUT2D eigenvalue weighted by Crippen LogP contribution is 2.40. The van der Waals surface area contributed by atoms with Crippen molar-refractivity contribution in [1.82, 2.24) is 4.31 Å². The van der Waals surface area contributed by atoms with Crippen LogP contribution in [-0.2, 0) is 10.0 Å². The van der Waals surface area contributed by atoms with Gasteiger partial charge >= 0.3 is 0 Å². The molecule has 7 heteroatoms. The highest BCUT2D eigenvalue weighted by Gasteiger charge is 2.41. The number of hydrogen-bond acceptors (Lipinski definition) is 3. The van der Waals surface area contributed by atoms with E-state index in [0.29, 0.717) is 5.76 Å². The molecular weight excluding hydrogens is 324 g/mol. The largest absolute Gasteiger partial charge is 0.468 e. The van der Waals surface area contributed by atoms with Gasteiger partial charge in [0.15, 0.2) is 0 Å². The van der Waals surface area contributed by atoms with Crippen LogP contribution in [-0.4, -0.2) is 19.3 Å². The molecule has 122 valence electrons. The molecule has 1 atom stereocenters.